The summed E-state index contributed by atoms with van der Waals surface area (Å²) < 4.78 is 154. The summed E-state index contributed by atoms with van der Waals surface area (Å²) in [5.41, 5.74) is 0.630. The van der Waals surface area contributed by atoms with Crippen LogP contribution in [-0.2, 0) is 46.9 Å². The fraction of sp³-hybridized carbons (Fsp3) is 0.227. The lowest BCUT2D eigenvalue weighted by Gasteiger charge is -2.17. The highest BCUT2D eigenvalue weighted by molar-refractivity contribution is 7.86. The first kappa shape index (κ1) is 59.8. The maximum atomic E-state index is 12.0. The summed E-state index contributed by atoms with van der Waals surface area (Å²) in [4.78, 5) is 23.7. The zero-order valence-corrected chi connectivity index (χ0v) is 45.1. The highest BCUT2D eigenvalue weighted by Gasteiger charge is 2.21. The average molecular weight is 1200 g/mol. The van der Waals surface area contributed by atoms with E-state index < -0.39 is 67.7 Å². The molecule has 0 aliphatic rings. The molecule has 6 rings (SSSR count). The second-order valence-corrected chi connectivity index (χ2v) is 22.6. The van der Waals surface area contributed by atoms with E-state index in [0.717, 1.165) is 17.7 Å². The topological polar surface area (TPSA) is 416 Å². The van der Waals surface area contributed by atoms with Crippen LogP contribution in [0.4, 0.5) is 52.0 Å². The Morgan fingerprint density at radius 2 is 0.987 bits per heavy atom. The Kier molecular flexibility index (Phi) is 19.8. The molecule has 0 bridgehead atoms. The molecule has 28 nitrogen and oxygen atoms in total. The van der Waals surface area contributed by atoms with Crippen LogP contribution in [-0.4, -0.2) is 123 Å². The van der Waals surface area contributed by atoms with E-state index in [1.54, 1.807) is 12.1 Å². The van der Waals surface area contributed by atoms with E-state index in [4.69, 9.17) is 42.1 Å². The Morgan fingerprint density at radius 1 is 0.564 bits per heavy atom. The molecule has 34 heteroatoms. The monoisotopic (exact) mass is 1200 g/mol. The van der Waals surface area contributed by atoms with Gasteiger partial charge in [0.1, 0.15) is 44.2 Å². The van der Waals surface area contributed by atoms with Gasteiger partial charge in [0.2, 0.25) is 17.8 Å². The van der Waals surface area contributed by atoms with Crippen LogP contribution in [0.15, 0.2) is 115 Å². The third-order valence-electron chi connectivity index (χ3n) is 10.1. The van der Waals surface area contributed by atoms with Gasteiger partial charge in [-0.05, 0) is 85.5 Å². The number of hydrogen-bond donors (Lipinski definition) is 8. The Morgan fingerprint density at radius 3 is 1.37 bits per heavy atom. The fourth-order valence-corrected chi connectivity index (χ4v) is 9.26. The van der Waals surface area contributed by atoms with E-state index in [-0.39, 0.29) is 123 Å². The summed E-state index contributed by atoms with van der Waals surface area (Å²) in [7, 11) is -15.9. The van der Waals surface area contributed by atoms with Gasteiger partial charge < -0.3 is 40.0 Å². The van der Waals surface area contributed by atoms with Gasteiger partial charge in [-0.15, -0.1) is 10.2 Å². The molecule has 0 unspecified atom stereocenters. The minimum absolute atomic E-state index is 0.0340. The zero-order chi connectivity index (χ0) is 57.0. The Labute approximate surface area is 454 Å². The normalized spacial score (nSPS) is 12.2. The number of carbonyl (C=O) groups is 1. The number of aromatic carboxylic acids is 1. The second-order valence-electron chi connectivity index (χ2n) is 15.8. The fourth-order valence-electron chi connectivity index (χ4n) is 6.54. The number of methoxy groups -OCH3 is 2. The summed E-state index contributed by atoms with van der Waals surface area (Å²) in [5.74, 6) is -3.46. The highest BCUT2D eigenvalue weighted by atomic mass is 35.5. The van der Waals surface area contributed by atoms with Crippen molar-refractivity contribution in [3.8, 4) is 23.0 Å². The number of nitrogens with one attached hydrogen (secondary N) is 3. The number of nitrogens with zero attached hydrogens (tertiary/aromatic N) is 7. The molecule has 0 atom stereocenters. The lowest BCUT2D eigenvalue weighted by atomic mass is 10.1. The minimum Gasteiger partial charge on any atom is -0.495 e. The van der Waals surface area contributed by atoms with Crippen molar-refractivity contribution in [2.75, 3.05) is 61.4 Å². The molecular weight excluding hydrogens is 1160 g/mol. The quantitative estimate of drug-likeness (QED) is 0.0136. The first-order valence-corrected chi connectivity index (χ1v) is 28.9. The van der Waals surface area contributed by atoms with Gasteiger partial charge in [0.25, 0.3) is 40.5 Å². The van der Waals surface area contributed by atoms with E-state index in [1.165, 1.54) is 74.9 Å². The summed E-state index contributed by atoms with van der Waals surface area (Å²) in [5, 5.41) is 34.4. The largest absolute Gasteiger partial charge is 0.495 e. The number of ether oxygens (including phenoxy) is 4. The molecule has 6 aromatic rings. The van der Waals surface area contributed by atoms with Crippen molar-refractivity contribution in [3.63, 3.8) is 0 Å². The number of carboxylic acid groups (broad SMARTS) is 1. The van der Waals surface area contributed by atoms with Crippen molar-refractivity contribution in [2.24, 2.45) is 20.5 Å². The molecule has 0 fully saturated rings. The summed E-state index contributed by atoms with van der Waals surface area (Å²) in [6.45, 7) is -0.444. The van der Waals surface area contributed by atoms with Crippen molar-refractivity contribution in [1.29, 1.82) is 0 Å². The van der Waals surface area contributed by atoms with E-state index in [2.05, 4.69) is 51.4 Å². The van der Waals surface area contributed by atoms with Gasteiger partial charge in [0.05, 0.1) is 77.3 Å². The average Bonchev–Trinajstić information content (AvgIpc) is 3.37. The number of carboxylic acids is 1. The molecule has 0 amide bonds. The van der Waals surface area contributed by atoms with Crippen LogP contribution < -0.4 is 34.9 Å². The third-order valence-corrected chi connectivity index (χ3v) is 14.1. The number of anilines is 5. The van der Waals surface area contributed by atoms with Crippen LogP contribution in [0, 0.1) is 0 Å². The molecule has 0 spiro atoms. The van der Waals surface area contributed by atoms with Crippen LogP contribution in [0.3, 0.4) is 0 Å². The summed E-state index contributed by atoms with van der Waals surface area (Å²) >= 11 is 13.4. The smallest absolute Gasteiger partial charge is 0.335 e. The van der Waals surface area contributed by atoms with E-state index in [9.17, 15) is 61.8 Å². The van der Waals surface area contributed by atoms with Gasteiger partial charge in [-0.3, -0.25) is 18.2 Å². The number of benzene rings is 5. The molecule has 0 aliphatic carbocycles. The molecule has 416 valence electrons. The molecule has 5 aromatic carbocycles. The maximum absolute atomic E-state index is 12.0. The molecule has 1 aromatic heterocycles. The van der Waals surface area contributed by atoms with E-state index in [1.807, 2.05) is 0 Å². The number of aromatic nitrogens is 3. The molecule has 0 saturated heterocycles. The van der Waals surface area contributed by atoms with Gasteiger partial charge in [-0.2, -0.15) is 58.9 Å². The van der Waals surface area contributed by atoms with Crippen molar-refractivity contribution in [2.45, 2.75) is 29.1 Å². The second kappa shape index (κ2) is 25.8. The minimum atomic E-state index is -4.76. The van der Waals surface area contributed by atoms with Crippen LogP contribution in [0.5, 0.6) is 23.0 Å². The lowest BCUT2D eigenvalue weighted by molar-refractivity contribution is 0.0696. The van der Waals surface area contributed by atoms with Crippen LogP contribution >= 0.6 is 23.2 Å². The Hall–Kier alpha value is -7.40. The van der Waals surface area contributed by atoms with Crippen LogP contribution in [0.2, 0.25) is 10.0 Å². The predicted octanol–water partition coefficient (Wildman–Crippen LogP) is 8.67. The van der Waals surface area contributed by atoms with Crippen molar-refractivity contribution in [1.82, 2.24) is 15.0 Å². The van der Waals surface area contributed by atoms with Gasteiger partial charge in [0.15, 0.2) is 0 Å². The summed E-state index contributed by atoms with van der Waals surface area (Å²) in [6, 6.07) is 18.4. The van der Waals surface area contributed by atoms with Crippen LogP contribution in [0.25, 0.3) is 0 Å². The third kappa shape index (κ3) is 17.8. The molecule has 8 N–H and O–H groups in total. The van der Waals surface area contributed by atoms with Crippen molar-refractivity contribution >= 4 is 122 Å². The zero-order valence-electron chi connectivity index (χ0n) is 40.3. The van der Waals surface area contributed by atoms with Gasteiger partial charge in [-0.1, -0.05) is 35.3 Å². The first-order valence-electron chi connectivity index (χ1n) is 22.0. The lowest BCUT2D eigenvalue weighted by Crippen LogP contribution is -2.13. The van der Waals surface area contributed by atoms with Crippen molar-refractivity contribution in [3.05, 3.63) is 106 Å². The Bertz CT molecular complexity index is 3520. The van der Waals surface area contributed by atoms with E-state index in [0.29, 0.717) is 6.42 Å². The number of rotatable bonds is 27. The molecule has 0 saturated carbocycles. The molecule has 0 radical (unpaired) electrons. The SMILES string of the molecule is COc1ccc(N=Nc2cc(OCCCS(=O)(=O)O)c(Nc3nc(NCCc4ccc(C(=O)O)cc4)nc(Nc4cc(Cl)c(N=Nc5ccc(OC)c(S(=O)(=O)O)c5)cc4OCCCS(=O)(=O)O)n3)cc2Cl)cc1S(=O)(=O)O. The first-order chi connectivity index (χ1) is 36.7. The van der Waals surface area contributed by atoms with Crippen molar-refractivity contribution < 1.29 is 80.7 Å². The van der Waals surface area contributed by atoms with Crippen LogP contribution in [0.1, 0.15) is 28.8 Å². The highest BCUT2D eigenvalue weighted by Crippen LogP contribution is 2.41. The molecular formula is C44H44Cl2N10O18S4. The molecule has 78 heavy (non-hydrogen) atoms. The molecule has 1 heterocycles. The van der Waals surface area contributed by atoms with E-state index >= 15 is 0 Å². The van der Waals surface area contributed by atoms with Gasteiger partial charge in [0, 0.05) is 18.7 Å². The number of halogens is 2. The van der Waals surface area contributed by atoms with Gasteiger partial charge >= 0.3 is 5.97 Å². The summed E-state index contributed by atoms with van der Waals surface area (Å²) in [6.07, 6.45) is -0.0680. The number of hydrogen-bond acceptors (Lipinski definition) is 23. The Balaban J connectivity index is 1.40. The van der Waals surface area contributed by atoms with Gasteiger partial charge in [-0.25, -0.2) is 4.79 Å². The maximum Gasteiger partial charge on any atom is 0.335 e. The molecule has 0 aliphatic heterocycles. The standard InChI is InChI=1S/C44H44Cl2N10O18S4/c1-71-35-11-9-27(19-39(35)77(65,66)67)53-55-31-23-37(73-15-3-17-75(59,60)61)33(21-29(31)45)48-43-50-42(47-14-13-25-5-7-26(8-6-25)41(57)58)51-44(52-43)49-34-22-30(46)32(24-38(34)74-16-4-18-76(62,63)64)56-54-28-10-12-36(72-2)40(20-28)78(68,69)70/h5-12,19-24H,3-4,13-18H2,1-2H3,(H,57,58)(H,59,60,61)(H,62,63,64)(H,65,66,67)(H,68,69,70)(H3,47,48,49,50,51,52). The predicted molar refractivity (Wildman–Crippen MR) is 282 cm³/mol. The number of azo groups is 2.